The second-order valence-corrected chi connectivity index (χ2v) is 12.1. The Morgan fingerprint density at radius 1 is 0.889 bits per heavy atom. The molecule has 0 N–H and O–H groups in total. The molecule has 5 unspecified atom stereocenters. The van der Waals surface area contributed by atoms with E-state index in [1.807, 2.05) is 0 Å². The molecule has 1 aliphatic carbocycles. The zero-order valence-electron chi connectivity index (χ0n) is 20.4. The highest BCUT2D eigenvalue weighted by atomic mass is 15.2. The van der Waals surface area contributed by atoms with E-state index in [-0.39, 0.29) is 0 Å². The van der Waals surface area contributed by atoms with Crippen molar-refractivity contribution >= 4 is 0 Å². The Morgan fingerprint density at radius 2 is 1.52 bits per heavy atom. The van der Waals surface area contributed by atoms with Crippen molar-refractivity contribution in [2.24, 2.45) is 28.1 Å². The molecule has 1 aliphatic heterocycles. The minimum atomic E-state index is 0.383. The van der Waals surface area contributed by atoms with Gasteiger partial charge in [0.25, 0.3) is 0 Å². The maximum atomic E-state index is 2.73. The molecule has 1 heterocycles. The van der Waals surface area contributed by atoms with Gasteiger partial charge in [-0.15, -0.1) is 0 Å². The van der Waals surface area contributed by atoms with Crippen LogP contribution < -0.4 is 0 Å². The molecule has 2 heteroatoms. The van der Waals surface area contributed by atoms with Gasteiger partial charge in [0.05, 0.1) is 0 Å². The van der Waals surface area contributed by atoms with Gasteiger partial charge in [0.15, 0.2) is 0 Å². The lowest BCUT2D eigenvalue weighted by Gasteiger charge is -2.40. The molecular weight excluding hydrogens is 328 g/mol. The lowest BCUT2D eigenvalue weighted by atomic mass is 9.69. The van der Waals surface area contributed by atoms with Gasteiger partial charge in [-0.3, -0.25) is 4.90 Å². The predicted molar refractivity (Wildman–Crippen MR) is 120 cm³/mol. The average molecular weight is 379 g/mol. The van der Waals surface area contributed by atoms with Gasteiger partial charge >= 0.3 is 0 Å². The largest absolute Gasteiger partial charge is 0.306 e. The van der Waals surface area contributed by atoms with Gasteiger partial charge in [0.1, 0.15) is 0 Å². The summed E-state index contributed by atoms with van der Waals surface area (Å²) in [6, 6.07) is 1.42. The molecule has 2 fully saturated rings. The minimum absolute atomic E-state index is 0.383. The molecule has 0 aromatic heterocycles. The van der Waals surface area contributed by atoms with E-state index in [0.29, 0.717) is 22.3 Å². The third-order valence-corrected chi connectivity index (χ3v) is 8.97. The number of fused-ring (bicyclic) bond motifs is 1. The van der Waals surface area contributed by atoms with Crippen LogP contribution in [0.1, 0.15) is 93.9 Å². The van der Waals surface area contributed by atoms with Crippen LogP contribution in [0.4, 0.5) is 0 Å². The second kappa shape index (κ2) is 8.34. The summed E-state index contributed by atoms with van der Waals surface area (Å²) in [4.78, 5) is 5.34. The van der Waals surface area contributed by atoms with Gasteiger partial charge in [0.2, 0.25) is 0 Å². The predicted octanol–water partition coefficient (Wildman–Crippen LogP) is 6.31. The molecular formula is C25H50N2. The summed E-state index contributed by atoms with van der Waals surface area (Å²) in [5.41, 5.74) is 1.34. The van der Waals surface area contributed by atoms with Crippen molar-refractivity contribution in [3.63, 3.8) is 0 Å². The fourth-order valence-corrected chi connectivity index (χ4v) is 5.86. The second-order valence-electron chi connectivity index (χ2n) is 12.1. The number of hydrogen-bond donors (Lipinski definition) is 0. The monoisotopic (exact) mass is 378 g/mol. The van der Waals surface area contributed by atoms with Crippen LogP contribution in [0.15, 0.2) is 0 Å². The van der Waals surface area contributed by atoms with Crippen LogP contribution in [0.2, 0.25) is 0 Å². The van der Waals surface area contributed by atoms with Gasteiger partial charge < -0.3 is 4.90 Å². The van der Waals surface area contributed by atoms with E-state index >= 15 is 0 Å². The summed E-state index contributed by atoms with van der Waals surface area (Å²) >= 11 is 0. The van der Waals surface area contributed by atoms with E-state index in [2.05, 4.69) is 79.3 Å². The molecule has 0 aromatic rings. The summed E-state index contributed by atoms with van der Waals surface area (Å²) < 4.78 is 0. The van der Waals surface area contributed by atoms with Crippen LogP contribution in [-0.4, -0.2) is 49.1 Å². The fourth-order valence-electron chi connectivity index (χ4n) is 5.86. The van der Waals surface area contributed by atoms with Gasteiger partial charge in [-0.05, 0) is 87.7 Å². The molecule has 0 bridgehead atoms. The average Bonchev–Trinajstić information content (AvgIpc) is 3.22. The molecule has 2 aliphatic rings. The van der Waals surface area contributed by atoms with Crippen molar-refractivity contribution in [1.29, 1.82) is 0 Å². The summed E-state index contributed by atoms with van der Waals surface area (Å²) in [6.45, 7) is 22.5. The van der Waals surface area contributed by atoms with Gasteiger partial charge in [-0.25, -0.2) is 0 Å². The van der Waals surface area contributed by atoms with Crippen molar-refractivity contribution in [3.8, 4) is 0 Å². The van der Waals surface area contributed by atoms with Crippen molar-refractivity contribution in [3.05, 3.63) is 0 Å². The highest BCUT2D eigenvalue weighted by Gasteiger charge is 2.55. The van der Waals surface area contributed by atoms with Crippen LogP contribution >= 0.6 is 0 Å². The van der Waals surface area contributed by atoms with Crippen LogP contribution in [-0.2, 0) is 0 Å². The lowest BCUT2D eigenvalue weighted by molar-refractivity contribution is 0.0869. The summed E-state index contributed by atoms with van der Waals surface area (Å²) in [6.07, 6.45) is 8.10. The minimum Gasteiger partial charge on any atom is -0.306 e. The first-order chi connectivity index (χ1) is 12.3. The van der Waals surface area contributed by atoms with Crippen molar-refractivity contribution < 1.29 is 0 Å². The van der Waals surface area contributed by atoms with Crippen molar-refractivity contribution in [1.82, 2.24) is 9.80 Å². The van der Waals surface area contributed by atoms with Crippen LogP contribution in [0.3, 0.4) is 0 Å². The van der Waals surface area contributed by atoms with Crippen molar-refractivity contribution in [2.75, 3.05) is 27.2 Å². The van der Waals surface area contributed by atoms with Crippen LogP contribution in [0, 0.1) is 28.1 Å². The van der Waals surface area contributed by atoms with E-state index in [4.69, 9.17) is 0 Å². The molecule has 0 aromatic carbocycles. The molecule has 0 spiro atoms. The normalized spacial score (nSPS) is 42.0. The van der Waals surface area contributed by atoms with E-state index in [0.717, 1.165) is 17.9 Å². The first kappa shape index (κ1) is 23.2. The van der Waals surface area contributed by atoms with Crippen LogP contribution in [0.25, 0.3) is 0 Å². The standard InChI is InChI=1S/C25H50N2/c1-11-21-16-24(6,7)19(2)15-25(8)17-22(25)27(10)20(3)23(4,5)13-12-14-26(9)18-21/h19-22H,11-18H2,1-10H3. The highest BCUT2D eigenvalue weighted by molar-refractivity contribution is 5.08. The molecule has 1 saturated heterocycles. The summed E-state index contributed by atoms with van der Waals surface area (Å²) in [5.74, 6) is 1.61. The Kier molecular flexibility index (Phi) is 7.17. The highest BCUT2D eigenvalue weighted by Crippen LogP contribution is 2.57. The van der Waals surface area contributed by atoms with Gasteiger partial charge in [-0.1, -0.05) is 54.9 Å². The molecule has 2 nitrogen and oxygen atoms in total. The molecule has 2 rings (SSSR count). The Labute approximate surface area is 171 Å². The first-order valence-electron chi connectivity index (χ1n) is 11.7. The lowest BCUT2D eigenvalue weighted by Crippen LogP contribution is -2.44. The van der Waals surface area contributed by atoms with Gasteiger partial charge in [0, 0.05) is 18.6 Å². The Bertz CT molecular complexity index is 483. The number of rotatable bonds is 1. The zero-order chi connectivity index (χ0) is 20.6. The fraction of sp³-hybridized carbons (Fsp3) is 1.00. The molecule has 0 radical (unpaired) electrons. The Hall–Kier alpha value is -0.0800. The molecule has 27 heavy (non-hydrogen) atoms. The smallest absolute Gasteiger partial charge is 0.0155 e. The molecule has 1 saturated carbocycles. The molecule has 0 amide bonds. The molecule has 5 atom stereocenters. The third kappa shape index (κ3) is 5.50. The first-order valence-corrected chi connectivity index (χ1v) is 11.7. The summed E-state index contributed by atoms with van der Waals surface area (Å²) in [5, 5.41) is 0. The SMILES string of the molecule is CCC1CN(C)CCCC(C)(C)C(C)N(C)C2CC2(C)CC(C)C(C)(C)C1. The van der Waals surface area contributed by atoms with E-state index in [9.17, 15) is 0 Å². The maximum Gasteiger partial charge on any atom is 0.0155 e. The van der Waals surface area contributed by atoms with E-state index < -0.39 is 0 Å². The van der Waals surface area contributed by atoms with Gasteiger partial charge in [-0.2, -0.15) is 0 Å². The van der Waals surface area contributed by atoms with E-state index in [1.54, 1.807) is 0 Å². The van der Waals surface area contributed by atoms with Crippen LogP contribution in [0.5, 0.6) is 0 Å². The number of hydrogen-bond acceptors (Lipinski definition) is 2. The molecule has 160 valence electrons. The topological polar surface area (TPSA) is 6.48 Å². The number of nitrogens with zero attached hydrogens (tertiary/aromatic N) is 2. The van der Waals surface area contributed by atoms with Crippen molar-refractivity contribution in [2.45, 2.75) is 106 Å². The third-order valence-electron chi connectivity index (χ3n) is 8.97. The van der Waals surface area contributed by atoms with E-state index in [1.165, 1.54) is 51.6 Å². The Morgan fingerprint density at radius 3 is 2.11 bits per heavy atom. The zero-order valence-corrected chi connectivity index (χ0v) is 20.4. The Balaban J connectivity index is 2.22. The summed E-state index contributed by atoms with van der Waals surface area (Å²) in [7, 11) is 4.74. The maximum absolute atomic E-state index is 2.73. The quantitative estimate of drug-likeness (QED) is 0.528.